The predicted octanol–water partition coefficient (Wildman–Crippen LogP) is 0.883. The highest BCUT2D eigenvalue weighted by Crippen LogP contribution is 2.06. The number of carbonyl (C=O) groups is 1. The van der Waals surface area contributed by atoms with Crippen molar-refractivity contribution in [2.75, 3.05) is 5.32 Å². The summed E-state index contributed by atoms with van der Waals surface area (Å²) in [4.78, 5) is 10.6. The minimum absolute atomic E-state index is 0.249. The van der Waals surface area contributed by atoms with Gasteiger partial charge in [0.25, 0.3) is 5.82 Å². The number of aromatic nitrogens is 1. The molecule has 0 spiro atoms. The van der Waals surface area contributed by atoms with Crippen molar-refractivity contribution in [1.29, 1.82) is 0 Å². The zero-order chi connectivity index (χ0) is 9.14. The SMILES string of the molecule is CC(=O)Nc1cc(I)cc[n+]1[O-]. The maximum Gasteiger partial charge on any atom is 0.304 e. The largest absolute Gasteiger partial charge is 0.711 e. The van der Waals surface area contributed by atoms with Gasteiger partial charge in [-0.2, -0.15) is 0 Å². The van der Waals surface area contributed by atoms with Crippen LogP contribution in [-0.2, 0) is 4.79 Å². The van der Waals surface area contributed by atoms with Crippen LogP contribution in [0.1, 0.15) is 6.92 Å². The van der Waals surface area contributed by atoms with Crippen LogP contribution >= 0.6 is 22.6 Å². The number of nitrogens with one attached hydrogen (secondary N) is 1. The second kappa shape index (κ2) is 3.70. The zero-order valence-electron chi connectivity index (χ0n) is 6.37. The smallest absolute Gasteiger partial charge is 0.304 e. The molecule has 1 N–H and O–H groups in total. The molecule has 1 heterocycles. The lowest BCUT2D eigenvalue weighted by molar-refractivity contribution is -0.590. The lowest BCUT2D eigenvalue weighted by Gasteiger charge is -2.06. The first kappa shape index (κ1) is 9.24. The van der Waals surface area contributed by atoms with Gasteiger partial charge >= 0.3 is 5.91 Å². The molecule has 0 saturated carbocycles. The Kier molecular flexibility index (Phi) is 2.85. The van der Waals surface area contributed by atoms with Gasteiger partial charge in [0.05, 0.1) is 6.20 Å². The van der Waals surface area contributed by atoms with Crippen molar-refractivity contribution >= 4 is 34.3 Å². The van der Waals surface area contributed by atoms with Crippen LogP contribution < -0.4 is 10.0 Å². The van der Waals surface area contributed by atoms with Gasteiger partial charge in [-0.3, -0.25) is 0 Å². The number of anilines is 1. The predicted molar refractivity (Wildman–Crippen MR) is 52.4 cm³/mol. The van der Waals surface area contributed by atoms with E-state index in [0.717, 1.165) is 3.57 Å². The second-order valence-electron chi connectivity index (χ2n) is 2.24. The van der Waals surface area contributed by atoms with Crippen LogP contribution in [0.2, 0.25) is 0 Å². The van der Waals surface area contributed by atoms with Gasteiger partial charge in [0.1, 0.15) is 0 Å². The van der Waals surface area contributed by atoms with Crippen molar-refractivity contribution in [3.8, 4) is 0 Å². The molecule has 1 amide bonds. The molecule has 0 radical (unpaired) electrons. The van der Waals surface area contributed by atoms with E-state index in [9.17, 15) is 10.0 Å². The third kappa shape index (κ3) is 2.33. The van der Waals surface area contributed by atoms with Gasteiger partial charge in [0.2, 0.25) is 0 Å². The molecule has 0 aliphatic carbocycles. The monoisotopic (exact) mass is 278 g/mol. The number of pyridine rings is 1. The third-order valence-corrected chi connectivity index (χ3v) is 1.86. The summed E-state index contributed by atoms with van der Waals surface area (Å²) in [6, 6.07) is 3.27. The van der Waals surface area contributed by atoms with Crippen LogP contribution in [0.4, 0.5) is 5.82 Å². The fraction of sp³-hybridized carbons (Fsp3) is 0.143. The van der Waals surface area contributed by atoms with Gasteiger partial charge in [-0.05, 0) is 28.7 Å². The molecule has 0 aliphatic rings. The first-order chi connectivity index (χ1) is 5.59. The van der Waals surface area contributed by atoms with Crippen molar-refractivity contribution < 1.29 is 9.52 Å². The van der Waals surface area contributed by atoms with Crippen LogP contribution in [0.3, 0.4) is 0 Å². The van der Waals surface area contributed by atoms with Crippen LogP contribution in [0.15, 0.2) is 18.3 Å². The van der Waals surface area contributed by atoms with E-state index in [-0.39, 0.29) is 11.7 Å². The maximum absolute atomic E-state index is 11.0. The number of hydrogen-bond donors (Lipinski definition) is 1. The third-order valence-electron chi connectivity index (χ3n) is 1.19. The fourth-order valence-electron chi connectivity index (χ4n) is 0.733. The van der Waals surface area contributed by atoms with Crippen LogP contribution in [-0.4, -0.2) is 5.91 Å². The van der Waals surface area contributed by atoms with Crippen molar-refractivity contribution in [1.82, 2.24) is 0 Å². The van der Waals surface area contributed by atoms with Crippen LogP contribution in [0, 0.1) is 8.78 Å². The number of hydrogen-bond acceptors (Lipinski definition) is 2. The lowest BCUT2D eigenvalue weighted by atomic mass is 10.4. The first-order valence-electron chi connectivity index (χ1n) is 3.26. The van der Waals surface area contributed by atoms with E-state index in [1.54, 1.807) is 12.1 Å². The van der Waals surface area contributed by atoms with E-state index >= 15 is 0 Å². The van der Waals surface area contributed by atoms with Crippen LogP contribution in [0.25, 0.3) is 0 Å². The average molecular weight is 278 g/mol. The topological polar surface area (TPSA) is 56.0 Å². The second-order valence-corrected chi connectivity index (χ2v) is 3.48. The Morgan fingerprint density at radius 3 is 3.00 bits per heavy atom. The summed E-state index contributed by atoms with van der Waals surface area (Å²) in [6.45, 7) is 1.36. The highest BCUT2D eigenvalue weighted by Gasteiger charge is 2.06. The quantitative estimate of drug-likeness (QED) is 0.471. The van der Waals surface area contributed by atoms with Gasteiger partial charge in [0.15, 0.2) is 0 Å². The molecule has 4 nitrogen and oxygen atoms in total. The van der Waals surface area contributed by atoms with Gasteiger partial charge in [-0.1, -0.05) is 0 Å². The van der Waals surface area contributed by atoms with Gasteiger partial charge in [0, 0.05) is 16.6 Å². The molecule has 0 unspecified atom stereocenters. The van der Waals surface area contributed by atoms with E-state index in [0.29, 0.717) is 4.73 Å². The molecule has 12 heavy (non-hydrogen) atoms. The van der Waals surface area contributed by atoms with Gasteiger partial charge in [-0.15, -0.1) is 0 Å². The minimum atomic E-state index is -0.249. The number of rotatable bonds is 1. The molecule has 0 aliphatic heterocycles. The molecular formula is C7H7IN2O2. The van der Waals surface area contributed by atoms with Crippen molar-refractivity contribution in [3.63, 3.8) is 0 Å². The number of carbonyl (C=O) groups excluding carboxylic acids is 1. The van der Waals surface area contributed by atoms with E-state index in [1.807, 2.05) is 0 Å². The summed E-state index contributed by atoms with van der Waals surface area (Å²) < 4.78 is 1.52. The molecule has 0 fully saturated rings. The zero-order valence-corrected chi connectivity index (χ0v) is 8.53. The maximum atomic E-state index is 11.0. The Morgan fingerprint density at radius 1 is 1.75 bits per heavy atom. The molecule has 5 heteroatoms. The summed E-state index contributed by atoms with van der Waals surface area (Å²) >= 11 is 2.07. The summed E-state index contributed by atoms with van der Waals surface area (Å²) in [7, 11) is 0. The molecule has 0 bridgehead atoms. The summed E-state index contributed by atoms with van der Waals surface area (Å²) in [6.07, 6.45) is 1.35. The highest BCUT2D eigenvalue weighted by atomic mass is 127. The normalized spacial score (nSPS) is 9.50. The Labute approximate surface area is 83.3 Å². The Balaban J connectivity index is 2.97. The molecular weight excluding hydrogens is 271 g/mol. The van der Waals surface area contributed by atoms with Gasteiger partial charge in [-0.25, -0.2) is 14.8 Å². The summed E-state index contributed by atoms with van der Waals surface area (Å²) in [5.41, 5.74) is 0. The minimum Gasteiger partial charge on any atom is -0.711 e. The molecule has 0 saturated heterocycles. The van der Waals surface area contributed by atoms with E-state index in [2.05, 4.69) is 27.9 Å². The molecule has 1 aromatic rings. The number of halogens is 1. The summed E-state index contributed by atoms with van der Waals surface area (Å²) in [5.74, 6) is 0.0102. The molecule has 1 rings (SSSR count). The summed E-state index contributed by atoms with van der Waals surface area (Å²) in [5, 5.41) is 13.4. The Morgan fingerprint density at radius 2 is 2.42 bits per heavy atom. The first-order valence-corrected chi connectivity index (χ1v) is 4.34. The van der Waals surface area contributed by atoms with Gasteiger partial charge < -0.3 is 5.21 Å². The highest BCUT2D eigenvalue weighted by molar-refractivity contribution is 14.1. The molecule has 64 valence electrons. The molecule has 0 atom stereocenters. The van der Waals surface area contributed by atoms with Crippen molar-refractivity contribution in [3.05, 3.63) is 27.1 Å². The Hall–Kier alpha value is -0.850. The van der Waals surface area contributed by atoms with E-state index in [1.165, 1.54) is 13.1 Å². The Bertz CT molecular complexity index is 314. The molecule has 1 aromatic heterocycles. The van der Waals surface area contributed by atoms with Crippen molar-refractivity contribution in [2.45, 2.75) is 6.92 Å². The van der Waals surface area contributed by atoms with E-state index in [4.69, 9.17) is 0 Å². The fourth-order valence-corrected chi connectivity index (χ4v) is 1.19. The molecule has 0 aromatic carbocycles. The average Bonchev–Trinajstić information content (AvgIpc) is 1.96. The number of amides is 1. The van der Waals surface area contributed by atoms with Crippen molar-refractivity contribution in [2.24, 2.45) is 0 Å². The standard InChI is InChI=1S/C7H7IN2O2/c1-5(11)9-7-4-6(8)2-3-10(7)12/h2-4H,1H3,(H,9,11). The number of nitrogens with zero attached hydrogens (tertiary/aromatic N) is 1. The lowest BCUT2D eigenvalue weighted by Crippen LogP contribution is -2.31. The van der Waals surface area contributed by atoms with Crippen LogP contribution in [0.5, 0.6) is 0 Å². The van der Waals surface area contributed by atoms with E-state index < -0.39 is 0 Å².